The quantitative estimate of drug-likeness (QED) is 0.0197. The lowest BCUT2D eigenvalue weighted by Crippen LogP contribution is -2.59. The number of carboxylic acid groups (broad SMARTS) is 2. The standard InChI is InChI=1S/C37H63N13O16/c1-16(2)27(38)33(62)49-28(18(4)53)34(63)43-13-24(54)45-19(7-5-9-41-37(39)40)30(59)42-12-25(55)46-20(11-26(56)57)31(60)47-21(14-51)35(64)50-10-6-8-23(50)32(61)44-17(3)29(58)48-22(15-52)36(65)66/h16-23,27-28,51-53H,5-15,38H2,1-4H3,(H,42,59)(H,43,63)(H,44,61)(H,45,54)(H,46,55)(H,47,60)(H,48,58)(H,49,62)(H,56,57)(H,65,66)(H4,39,40,41)/t17-,18+,19-,20-,21-,22-,23-,27-,28-/m0/s1. The van der Waals surface area contributed by atoms with Crippen LogP contribution < -0.4 is 59.7 Å². The van der Waals surface area contributed by atoms with E-state index in [4.69, 9.17) is 27.4 Å². The van der Waals surface area contributed by atoms with Crippen LogP contribution in [0, 0.1) is 5.92 Å². The molecule has 1 fully saturated rings. The molecule has 0 saturated carbocycles. The Balaban J connectivity index is 3.01. The number of nitrogens with zero attached hydrogens (tertiary/aromatic N) is 2. The molecule has 9 atom stereocenters. The fraction of sp³-hybridized carbons (Fsp3) is 0.676. The number of carbonyl (C=O) groups is 11. The molecule has 1 heterocycles. The highest BCUT2D eigenvalue weighted by atomic mass is 16.4. The molecule has 0 aromatic heterocycles. The van der Waals surface area contributed by atoms with E-state index in [2.05, 4.69) is 42.2 Å². The zero-order valence-electron chi connectivity index (χ0n) is 36.9. The molecule has 0 radical (unpaired) electrons. The Morgan fingerprint density at radius 1 is 0.697 bits per heavy atom. The summed E-state index contributed by atoms with van der Waals surface area (Å²) in [6.45, 7) is 2.09. The molecular weight excluding hydrogens is 882 g/mol. The Labute approximate surface area is 378 Å². The molecule has 29 nitrogen and oxygen atoms in total. The van der Waals surface area contributed by atoms with Gasteiger partial charge in [-0.1, -0.05) is 13.8 Å². The Kier molecular flexibility index (Phi) is 24.5. The molecule has 0 aromatic carbocycles. The molecule has 1 rings (SSSR count). The smallest absolute Gasteiger partial charge is 0.328 e. The third-order valence-electron chi connectivity index (χ3n) is 9.74. The van der Waals surface area contributed by atoms with Gasteiger partial charge in [-0.2, -0.15) is 0 Å². The van der Waals surface area contributed by atoms with Crippen LogP contribution in [-0.4, -0.2) is 195 Å². The van der Waals surface area contributed by atoms with Crippen molar-refractivity contribution in [3.8, 4) is 0 Å². The number of rotatable bonds is 28. The lowest BCUT2D eigenvalue weighted by Gasteiger charge is -2.29. The predicted molar refractivity (Wildman–Crippen MR) is 226 cm³/mol. The maximum absolute atomic E-state index is 13.5. The molecule has 0 aliphatic carbocycles. The highest BCUT2D eigenvalue weighted by Gasteiger charge is 2.39. The SMILES string of the molecule is CC(C)[C@H](N)C(=O)N[C@H](C(=O)NCC(=O)N[C@@H](CCCN=C(N)N)C(=O)NCC(=O)N[C@@H](CC(=O)O)C(=O)N[C@@H](CO)C(=O)N1CCC[C@H]1C(=O)N[C@@H](C)C(=O)N[C@@H](CO)C(=O)O)[C@@H](C)O. The number of hydrogen-bond donors (Lipinski definition) is 16. The van der Waals surface area contributed by atoms with Gasteiger partial charge >= 0.3 is 11.9 Å². The molecular formula is C37H63N13O16. The fourth-order valence-electron chi connectivity index (χ4n) is 5.99. The number of aliphatic hydroxyl groups excluding tert-OH is 3. The van der Waals surface area contributed by atoms with Crippen molar-refractivity contribution < 1.29 is 78.3 Å². The minimum atomic E-state index is -1.89. The number of carbonyl (C=O) groups excluding carboxylic acids is 9. The Hall–Kier alpha value is -6.72. The minimum Gasteiger partial charge on any atom is -0.481 e. The van der Waals surface area contributed by atoms with Crippen LogP contribution in [0.4, 0.5) is 0 Å². The van der Waals surface area contributed by atoms with Crippen molar-refractivity contribution in [2.75, 3.05) is 39.4 Å². The van der Waals surface area contributed by atoms with Crippen molar-refractivity contribution in [3.05, 3.63) is 0 Å². The van der Waals surface area contributed by atoms with Gasteiger partial charge in [0.1, 0.15) is 42.3 Å². The van der Waals surface area contributed by atoms with E-state index < -0.39 is 152 Å². The summed E-state index contributed by atoms with van der Waals surface area (Å²) in [6, 6.07) is -11.8. The number of carboxylic acids is 2. The second-order valence-corrected chi connectivity index (χ2v) is 15.5. The second kappa shape index (κ2) is 28.2. The van der Waals surface area contributed by atoms with E-state index in [1.807, 2.05) is 5.32 Å². The summed E-state index contributed by atoms with van der Waals surface area (Å²) in [6.07, 6.45) is -2.14. The molecule has 0 aromatic rings. The van der Waals surface area contributed by atoms with Gasteiger partial charge in [-0.25, -0.2) is 4.79 Å². The van der Waals surface area contributed by atoms with Crippen LogP contribution in [0.2, 0.25) is 0 Å². The summed E-state index contributed by atoms with van der Waals surface area (Å²) in [4.78, 5) is 144. The number of nitrogens with two attached hydrogens (primary N) is 3. The molecule has 1 aliphatic rings. The van der Waals surface area contributed by atoms with Crippen LogP contribution in [0.15, 0.2) is 4.99 Å². The van der Waals surface area contributed by atoms with Gasteiger partial charge in [0.15, 0.2) is 5.96 Å². The largest absolute Gasteiger partial charge is 0.481 e. The van der Waals surface area contributed by atoms with Crippen LogP contribution in [-0.2, 0) is 52.7 Å². The zero-order valence-corrected chi connectivity index (χ0v) is 36.9. The van der Waals surface area contributed by atoms with Crippen LogP contribution in [0.1, 0.15) is 59.8 Å². The van der Waals surface area contributed by atoms with E-state index in [9.17, 15) is 68.1 Å². The minimum absolute atomic E-state index is 0.00297. The zero-order chi connectivity index (χ0) is 50.4. The van der Waals surface area contributed by atoms with E-state index in [1.165, 1.54) is 13.8 Å². The molecule has 29 heteroatoms. The lowest BCUT2D eigenvalue weighted by molar-refractivity contribution is -0.145. The van der Waals surface area contributed by atoms with Crippen molar-refractivity contribution in [1.29, 1.82) is 0 Å². The summed E-state index contributed by atoms with van der Waals surface area (Å²) in [5.41, 5.74) is 16.5. The van der Waals surface area contributed by atoms with E-state index in [0.717, 1.165) is 4.90 Å². The average Bonchev–Trinajstić information content (AvgIpc) is 3.74. The van der Waals surface area contributed by atoms with Gasteiger partial charge < -0.3 is 90.2 Å². The van der Waals surface area contributed by atoms with Crippen LogP contribution in [0.3, 0.4) is 0 Å². The number of nitrogens with one attached hydrogen (secondary N) is 8. The Morgan fingerprint density at radius 3 is 1.77 bits per heavy atom. The highest BCUT2D eigenvalue weighted by molar-refractivity contribution is 5.98. The number of guanidine groups is 1. The first-order chi connectivity index (χ1) is 30.8. The van der Waals surface area contributed by atoms with Crippen molar-refractivity contribution in [1.82, 2.24) is 47.4 Å². The van der Waals surface area contributed by atoms with Gasteiger partial charge in [0.2, 0.25) is 53.2 Å². The van der Waals surface area contributed by atoms with E-state index in [-0.39, 0.29) is 50.7 Å². The molecule has 9 amide bonds. The van der Waals surface area contributed by atoms with Gasteiger partial charge in [0.25, 0.3) is 0 Å². The number of aliphatic hydroxyl groups is 3. The van der Waals surface area contributed by atoms with Crippen molar-refractivity contribution in [3.63, 3.8) is 0 Å². The molecule has 19 N–H and O–H groups in total. The number of likely N-dealkylation sites (tertiary alicyclic amines) is 1. The maximum atomic E-state index is 13.5. The van der Waals surface area contributed by atoms with E-state index in [0.29, 0.717) is 0 Å². The molecule has 0 spiro atoms. The van der Waals surface area contributed by atoms with Crippen LogP contribution in [0.5, 0.6) is 0 Å². The molecule has 372 valence electrons. The third-order valence-corrected chi connectivity index (χ3v) is 9.74. The molecule has 0 bridgehead atoms. The van der Waals surface area contributed by atoms with Crippen molar-refractivity contribution >= 4 is 71.1 Å². The number of hydrogen-bond acceptors (Lipinski definition) is 16. The predicted octanol–water partition coefficient (Wildman–Crippen LogP) is -8.90. The molecule has 1 saturated heterocycles. The first-order valence-corrected chi connectivity index (χ1v) is 20.7. The lowest BCUT2D eigenvalue weighted by atomic mass is 10.0. The maximum Gasteiger partial charge on any atom is 0.328 e. The Bertz CT molecular complexity index is 1790. The van der Waals surface area contributed by atoms with Gasteiger partial charge in [-0.15, -0.1) is 0 Å². The summed E-state index contributed by atoms with van der Waals surface area (Å²) in [5.74, 6) is -12.5. The normalized spacial score (nSPS) is 16.9. The highest BCUT2D eigenvalue weighted by Crippen LogP contribution is 2.19. The second-order valence-electron chi connectivity index (χ2n) is 15.5. The first kappa shape index (κ1) is 57.3. The molecule has 1 aliphatic heterocycles. The van der Waals surface area contributed by atoms with Gasteiger partial charge in [-0.05, 0) is 45.4 Å². The monoisotopic (exact) mass is 945 g/mol. The molecule has 66 heavy (non-hydrogen) atoms. The van der Waals surface area contributed by atoms with Crippen LogP contribution >= 0.6 is 0 Å². The van der Waals surface area contributed by atoms with Crippen LogP contribution in [0.25, 0.3) is 0 Å². The third kappa shape index (κ3) is 19.6. The average molecular weight is 946 g/mol. The van der Waals surface area contributed by atoms with Gasteiger partial charge in [-0.3, -0.25) is 52.9 Å². The molecule has 0 unspecified atom stereocenters. The van der Waals surface area contributed by atoms with Crippen molar-refractivity contribution in [2.24, 2.45) is 28.1 Å². The summed E-state index contributed by atoms with van der Waals surface area (Å²) in [7, 11) is 0. The van der Waals surface area contributed by atoms with E-state index >= 15 is 0 Å². The van der Waals surface area contributed by atoms with E-state index in [1.54, 1.807) is 13.8 Å². The first-order valence-electron chi connectivity index (χ1n) is 20.7. The number of aliphatic carboxylic acids is 2. The summed E-state index contributed by atoms with van der Waals surface area (Å²) >= 11 is 0. The Morgan fingerprint density at radius 2 is 1.26 bits per heavy atom. The summed E-state index contributed by atoms with van der Waals surface area (Å²) < 4.78 is 0. The van der Waals surface area contributed by atoms with Gasteiger partial charge in [0.05, 0.1) is 44.9 Å². The topological polar surface area (TPSA) is 479 Å². The number of aliphatic imine (C=N–C) groups is 1. The number of amides is 9. The van der Waals surface area contributed by atoms with Gasteiger partial charge in [0, 0.05) is 13.1 Å². The van der Waals surface area contributed by atoms with Crippen molar-refractivity contribution in [2.45, 2.75) is 114 Å². The summed E-state index contributed by atoms with van der Waals surface area (Å²) in [5, 5.41) is 65.6. The fourth-order valence-corrected chi connectivity index (χ4v) is 5.99.